The first-order valence-corrected chi connectivity index (χ1v) is 8.33. The molecule has 1 saturated carbocycles. The molecule has 2 aromatic carbocycles. The van der Waals surface area contributed by atoms with Crippen LogP contribution >= 0.6 is 0 Å². The van der Waals surface area contributed by atoms with Crippen LogP contribution in [-0.2, 0) is 4.79 Å². The first-order chi connectivity index (χ1) is 12.6. The number of amides is 2. The lowest BCUT2D eigenvalue weighted by atomic mass is 10.2. The average molecular weight is 353 g/mol. The van der Waals surface area contributed by atoms with Gasteiger partial charge in [0.15, 0.2) is 11.5 Å². The Bertz CT molecular complexity index is 995. The smallest absolute Gasteiger partial charge is 0.254 e. The van der Waals surface area contributed by atoms with Crippen LogP contribution in [0.1, 0.15) is 35.0 Å². The van der Waals surface area contributed by atoms with Gasteiger partial charge in [-0.1, -0.05) is 12.1 Å². The molecule has 6 nitrogen and oxygen atoms in total. The summed E-state index contributed by atoms with van der Waals surface area (Å²) in [5.74, 6) is -0.540. The van der Waals surface area contributed by atoms with Crippen molar-refractivity contribution in [2.75, 3.05) is 11.9 Å². The Morgan fingerprint density at radius 2 is 2.00 bits per heavy atom. The molecule has 132 valence electrons. The van der Waals surface area contributed by atoms with Crippen molar-refractivity contribution in [2.24, 2.45) is 0 Å². The maximum atomic E-state index is 13.5. The van der Waals surface area contributed by atoms with Crippen molar-refractivity contribution in [3.63, 3.8) is 0 Å². The number of hydrogen-bond donors (Lipinski definition) is 2. The minimum absolute atomic E-state index is 0.100. The summed E-state index contributed by atoms with van der Waals surface area (Å²) in [6, 6.07) is 10.8. The van der Waals surface area contributed by atoms with E-state index in [0.29, 0.717) is 22.7 Å². The highest BCUT2D eigenvalue weighted by molar-refractivity contribution is 6.00. The standard InChI is InChI=1S/C19H16FN3O3/c20-14-4-2-1-3-13(14)18(25)21-10-17(24)22-12-7-8-16-15(9-12)23-19(26-16)11-5-6-11/h1-4,7-9,11H,5-6,10H2,(H,21,25)(H,22,24). The zero-order valence-electron chi connectivity index (χ0n) is 13.8. The van der Waals surface area contributed by atoms with Gasteiger partial charge in [-0.15, -0.1) is 0 Å². The van der Waals surface area contributed by atoms with E-state index < -0.39 is 17.6 Å². The number of rotatable bonds is 5. The normalized spacial score (nSPS) is 13.6. The van der Waals surface area contributed by atoms with Crippen molar-refractivity contribution in [1.82, 2.24) is 10.3 Å². The van der Waals surface area contributed by atoms with Crippen LogP contribution in [0.15, 0.2) is 46.9 Å². The fourth-order valence-corrected chi connectivity index (χ4v) is 2.63. The lowest BCUT2D eigenvalue weighted by Gasteiger charge is -2.07. The van der Waals surface area contributed by atoms with E-state index in [1.54, 1.807) is 24.3 Å². The molecule has 0 atom stereocenters. The Morgan fingerprint density at radius 1 is 1.19 bits per heavy atom. The van der Waals surface area contributed by atoms with Gasteiger partial charge in [-0.05, 0) is 43.2 Å². The number of anilines is 1. The Balaban J connectivity index is 1.37. The Kier molecular flexibility index (Phi) is 4.12. The molecular weight excluding hydrogens is 337 g/mol. The summed E-state index contributed by atoms with van der Waals surface area (Å²) >= 11 is 0. The lowest BCUT2D eigenvalue weighted by Crippen LogP contribution is -2.33. The summed E-state index contributed by atoms with van der Waals surface area (Å²) in [7, 11) is 0. The SMILES string of the molecule is O=C(CNC(=O)c1ccccc1F)Nc1ccc2oc(C3CC3)nc2c1. The Labute approximate surface area is 148 Å². The highest BCUT2D eigenvalue weighted by Crippen LogP contribution is 2.40. The molecule has 1 aliphatic carbocycles. The van der Waals surface area contributed by atoms with E-state index in [0.717, 1.165) is 18.7 Å². The van der Waals surface area contributed by atoms with Crippen LogP contribution < -0.4 is 10.6 Å². The van der Waals surface area contributed by atoms with Crippen molar-refractivity contribution in [1.29, 1.82) is 0 Å². The number of carbonyl (C=O) groups excluding carboxylic acids is 2. The number of nitrogens with zero attached hydrogens (tertiary/aromatic N) is 1. The number of benzene rings is 2. The van der Waals surface area contributed by atoms with Crippen LogP contribution in [0.2, 0.25) is 0 Å². The van der Waals surface area contributed by atoms with E-state index in [9.17, 15) is 14.0 Å². The van der Waals surface area contributed by atoms with Crippen LogP contribution in [0.5, 0.6) is 0 Å². The van der Waals surface area contributed by atoms with Gasteiger partial charge in [0.1, 0.15) is 11.3 Å². The molecule has 2 amide bonds. The van der Waals surface area contributed by atoms with E-state index in [-0.39, 0.29) is 12.1 Å². The molecule has 0 unspecified atom stereocenters. The molecule has 4 rings (SSSR count). The van der Waals surface area contributed by atoms with E-state index in [1.165, 1.54) is 18.2 Å². The predicted molar refractivity (Wildman–Crippen MR) is 93.3 cm³/mol. The highest BCUT2D eigenvalue weighted by Gasteiger charge is 2.28. The summed E-state index contributed by atoms with van der Waals surface area (Å²) in [6.07, 6.45) is 2.19. The molecular formula is C19H16FN3O3. The molecule has 26 heavy (non-hydrogen) atoms. The summed E-state index contributed by atoms with van der Waals surface area (Å²) < 4.78 is 19.2. The number of carbonyl (C=O) groups is 2. The molecule has 0 spiro atoms. The molecule has 1 aliphatic rings. The molecule has 0 saturated heterocycles. The third-order valence-corrected chi connectivity index (χ3v) is 4.14. The molecule has 0 bridgehead atoms. The molecule has 1 fully saturated rings. The first-order valence-electron chi connectivity index (χ1n) is 8.33. The van der Waals surface area contributed by atoms with Crippen molar-refractivity contribution in [3.8, 4) is 0 Å². The quantitative estimate of drug-likeness (QED) is 0.738. The van der Waals surface area contributed by atoms with Crippen molar-refractivity contribution in [3.05, 3.63) is 59.7 Å². The molecule has 2 N–H and O–H groups in total. The molecule has 0 aliphatic heterocycles. The number of oxazole rings is 1. The van der Waals surface area contributed by atoms with Crippen LogP contribution in [0, 0.1) is 5.82 Å². The number of halogens is 1. The van der Waals surface area contributed by atoms with Gasteiger partial charge in [-0.25, -0.2) is 9.37 Å². The van der Waals surface area contributed by atoms with Crippen molar-refractivity contribution in [2.45, 2.75) is 18.8 Å². The third kappa shape index (κ3) is 3.42. The Morgan fingerprint density at radius 3 is 2.77 bits per heavy atom. The van der Waals surface area contributed by atoms with Crippen LogP contribution in [-0.4, -0.2) is 23.3 Å². The monoisotopic (exact) mass is 353 g/mol. The van der Waals surface area contributed by atoms with Gasteiger partial charge in [-0.3, -0.25) is 9.59 Å². The first kappa shape index (κ1) is 16.3. The minimum Gasteiger partial charge on any atom is -0.440 e. The maximum Gasteiger partial charge on any atom is 0.254 e. The van der Waals surface area contributed by atoms with Gasteiger partial charge in [0.2, 0.25) is 5.91 Å². The molecule has 7 heteroatoms. The maximum absolute atomic E-state index is 13.5. The van der Waals surface area contributed by atoms with Crippen LogP contribution in [0.4, 0.5) is 10.1 Å². The number of fused-ring (bicyclic) bond motifs is 1. The van der Waals surface area contributed by atoms with Crippen LogP contribution in [0.25, 0.3) is 11.1 Å². The van der Waals surface area contributed by atoms with Crippen molar-refractivity contribution >= 4 is 28.6 Å². The van der Waals surface area contributed by atoms with E-state index in [4.69, 9.17) is 4.42 Å². The summed E-state index contributed by atoms with van der Waals surface area (Å²) in [4.78, 5) is 28.4. The lowest BCUT2D eigenvalue weighted by molar-refractivity contribution is -0.115. The molecule has 1 aromatic heterocycles. The van der Waals surface area contributed by atoms with E-state index in [1.807, 2.05) is 0 Å². The summed E-state index contributed by atoms with van der Waals surface area (Å²) in [5.41, 5.74) is 1.81. The minimum atomic E-state index is -0.640. The van der Waals surface area contributed by atoms with Crippen LogP contribution in [0.3, 0.4) is 0 Å². The largest absolute Gasteiger partial charge is 0.440 e. The second-order valence-electron chi connectivity index (χ2n) is 6.22. The zero-order valence-corrected chi connectivity index (χ0v) is 13.8. The van der Waals surface area contributed by atoms with Gasteiger partial charge in [-0.2, -0.15) is 0 Å². The topological polar surface area (TPSA) is 84.2 Å². The van der Waals surface area contributed by atoms with Gasteiger partial charge in [0, 0.05) is 11.6 Å². The van der Waals surface area contributed by atoms with Gasteiger partial charge in [0.05, 0.1) is 12.1 Å². The van der Waals surface area contributed by atoms with E-state index in [2.05, 4.69) is 15.6 Å². The second kappa shape index (κ2) is 6.59. The predicted octanol–water partition coefficient (Wildman–Crippen LogP) is 3.21. The molecule has 3 aromatic rings. The number of nitrogens with one attached hydrogen (secondary N) is 2. The summed E-state index contributed by atoms with van der Waals surface area (Å²) in [6.45, 7) is -0.267. The fraction of sp³-hybridized carbons (Fsp3) is 0.211. The molecule has 1 heterocycles. The Hall–Kier alpha value is -3.22. The zero-order chi connectivity index (χ0) is 18.1. The average Bonchev–Trinajstić information content (AvgIpc) is 3.40. The number of hydrogen-bond acceptors (Lipinski definition) is 4. The third-order valence-electron chi connectivity index (χ3n) is 4.14. The summed E-state index contributed by atoms with van der Waals surface area (Å²) in [5, 5.41) is 5.08. The van der Waals surface area contributed by atoms with Gasteiger partial charge >= 0.3 is 0 Å². The van der Waals surface area contributed by atoms with Crippen molar-refractivity contribution < 1.29 is 18.4 Å². The second-order valence-corrected chi connectivity index (χ2v) is 6.22. The molecule has 0 radical (unpaired) electrons. The number of aromatic nitrogens is 1. The van der Waals surface area contributed by atoms with Gasteiger partial charge < -0.3 is 15.1 Å². The fourth-order valence-electron chi connectivity index (χ4n) is 2.63. The van der Waals surface area contributed by atoms with E-state index >= 15 is 0 Å². The highest BCUT2D eigenvalue weighted by atomic mass is 19.1. The van der Waals surface area contributed by atoms with Gasteiger partial charge in [0.25, 0.3) is 5.91 Å².